The van der Waals surface area contributed by atoms with Crippen LogP contribution in [0.25, 0.3) is 0 Å². The van der Waals surface area contributed by atoms with Crippen LogP contribution in [0.5, 0.6) is 0 Å². The summed E-state index contributed by atoms with van der Waals surface area (Å²) >= 11 is 0. The van der Waals surface area contributed by atoms with Crippen LogP contribution in [0.4, 0.5) is 5.82 Å². The normalized spacial score (nSPS) is 10.5. The van der Waals surface area contributed by atoms with Crippen molar-refractivity contribution >= 4 is 11.7 Å². The molecule has 1 rings (SSSR count). The van der Waals surface area contributed by atoms with Gasteiger partial charge >= 0.3 is 0 Å². The van der Waals surface area contributed by atoms with Gasteiger partial charge in [-0.3, -0.25) is 4.79 Å². The molecule has 100 valence electrons. The molecule has 4 nitrogen and oxygen atoms in total. The zero-order valence-electron chi connectivity index (χ0n) is 11.7. The van der Waals surface area contributed by atoms with E-state index in [1.54, 1.807) is 6.07 Å². The van der Waals surface area contributed by atoms with Gasteiger partial charge in [0.25, 0.3) is 5.91 Å². The van der Waals surface area contributed by atoms with Gasteiger partial charge in [-0.15, -0.1) is 0 Å². The van der Waals surface area contributed by atoms with E-state index in [2.05, 4.69) is 17.2 Å². The molecule has 0 saturated heterocycles. The summed E-state index contributed by atoms with van der Waals surface area (Å²) < 4.78 is 0. The van der Waals surface area contributed by atoms with Crippen molar-refractivity contribution < 1.29 is 4.79 Å². The first kappa shape index (κ1) is 14.5. The maximum absolute atomic E-state index is 12.2. The summed E-state index contributed by atoms with van der Waals surface area (Å²) in [6.45, 7) is 9.65. The van der Waals surface area contributed by atoms with E-state index >= 15 is 0 Å². The first-order valence-electron chi connectivity index (χ1n) is 6.61. The number of nitrogens with one attached hydrogen (secondary N) is 1. The fourth-order valence-electron chi connectivity index (χ4n) is 1.77. The molecule has 1 aromatic rings. The molecule has 0 atom stereocenters. The minimum Gasteiger partial charge on any atom is -0.368 e. The van der Waals surface area contributed by atoms with Crippen LogP contribution >= 0.6 is 0 Å². The van der Waals surface area contributed by atoms with Gasteiger partial charge in [0.1, 0.15) is 11.5 Å². The quantitative estimate of drug-likeness (QED) is 0.843. The van der Waals surface area contributed by atoms with E-state index < -0.39 is 0 Å². The van der Waals surface area contributed by atoms with Crippen LogP contribution < -0.4 is 5.32 Å². The molecular weight excluding hydrogens is 226 g/mol. The average molecular weight is 249 g/mol. The molecule has 0 bridgehead atoms. The van der Waals surface area contributed by atoms with Crippen LogP contribution in [-0.2, 0) is 0 Å². The van der Waals surface area contributed by atoms with Gasteiger partial charge < -0.3 is 10.2 Å². The number of pyridine rings is 1. The monoisotopic (exact) mass is 249 g/mol. The smallest absolute Gasteiger partial charge is 0.272 e. The van der Waals surface area contributed by atoms with Gasteiger partial charge in [-0.1, -0.05) is 13.0 Å². The van der Waals surface area contributed by atoms with Gasteiger partial charge in [-0.05, 0) is 39.3 Å². The first-order chi connectivity index (χ1) is 8.58. The SMILES string of the molecule is CCCN(CC)C(=O)c1cccc(NC(C)C)n1. The molecule has 0 aliphatic heterocycles. The molecule has 0 aromatic carbocycles. The fraction of sp³-hybridized carbons (Fsp3) is 0.571. The molecule has 0 aliphatic rings. The van der Waals surface area contributed by atoms with E-state index in [1.165, 1.54) is 0 Å². The predicted octanol–water partition coefficient (Wildman–Crippen LogP) is 2.77. The average Bonchev–Trinajstić information content (AvgIpc) is 2.34. The highest BCUT2D eigenvalue weighted by atomic mass is 16.2. The lowest BCUT2D eigenvalue weighted by molar-refractivity contribution is 0.0758. The molecule has 18 heavy (non-hydrogen) atoms. The molecule has 0 aliphatic carbocycles. The maximum atomic E-state index is 12.2. The Kier molecular flexibility index (Phi) is 5.62. The van der Waals surface area contributed by atoms with E-state index in [4.69, 9.17) is 0 Å². The fourth-order valence-corrected chi connectivity index (χ4v) is 1.77. The van der Waals surface area contributed by atoms with Crippen LogP contribution in [-0.4, -0.2) is 34.9 Å². The minimum atomic E-state index is 0.00626. The molecule has 1 amide bonds. The molecule has 0 saturated carbocycles. The molecular formula is C14H23N3O. The highest BCUT2D eigenvalue weighted by Gasteiger charge is 2.14. The van der Waals surface area contributed by atoms with E-state index in [1.807, 2.05) is 37.8 Å². The van der Waals surface area contributed by atoms with E-state index in [0.717, 1.165) is 25.3 Å². The number of carbonyl (C=O) groups is 1. The van der Waals surface area contributed by atoms with Crippen molar-refractivity contribution in [1.82, 2.24) is 9.88 Å². The van der Waals surface area contributed by atoms with Crippen molar-refractivity contribution in [3.05, 3.63) is 23.9 Å². The third-order valence-electron chi connectivity index (χ3n) is 2.57. The van der Waals surface area contributed by atoms with Crippen LogP contribution in [0.2, 0.25) is 0 Å². The van der Waals surface area contributed by atoms with Crippen LogP contribution in [0.3, 0.4) is 0 Å². The van der Waals surface area contributed by atoms with Gasteiger partial charge in [-0.2, -0.15) is 0 Å². The molecule has 0 unspecified atom stereocenters. The van der Waals surface area contributed by atoms with Gasteiger partial charge in [0.2, 0.25) is 0 Å². The Bertz CT molecular complexity index is 390. The number of aromatic nitrogens is 1. The summed E-state index contributed by atoms with van der Waals surface area (Å²) in [4.78, 5) is 18.4. The zero-order valence-corrected chi connectivity index (χ0v) is 11.7. The van der Waals surface area contributed by atoms with Crippen LogP contribution in [0, 0.1) is 0 Å². The lowest BCUT2D eigenvalue weighted by Crippen LogP contribution is -2.32. The third kappa shape index (κ3) is 4.02. The number of amides is 1. The van der Waals surface area contributed by atoms with E-state index in [9.17, 15) is 4.79 Å². The Balaban J connectivity index is 2.84. The lowest BCUT2D eigenvalue weighted by atomic mass is 10.3. The van der Waals surface area contributed by atoms with Gasteiger partial charge in [0.15, 0.2) is 0 Å². The highest BCUT2D eigenvalue weighted by Crippen LogP contribution is 2.09. The Labute approximate surface area is 109 Å². The van der Waals surface area contributed by atoms with Gasteiger partial charge in [0.05, 0.1) is 0 Å². The van der Waals surface area contributed by atoms with Crippen LogP contribution in [0.1, 0.15) is 44.6 Å². The zero-order chi connectivity index (χ0) is 13.5. The Morgan fingerprint density at radius 2 is 2.11 bits per heavy atom. The Morgan fingerprint density at radius 3 is 2.67 bits per heavy atom. The van der Waals surface area contributed by atoms with Crippen molar-refractivity contribution in [1.29, 1.82) is 0 Å². The first-order valence-corrected chi connectivity index (χ1v) is 6.61. The number of rotatable bonds is 6. The Morgan fingerprint density at radius 1 is 1.39 bits per heavy atom. The summed E-state index contributed by atoms with van der Waals surface area (Å²) in [5.41, 5.74) is 0.510. The number of nitrogens with zero attached hydrogens (tertiary/aromatic N) is 2. The number of hydrogen-bond acceptors (Lipinski definition) is 3. The maximum Gasteiger partial charge on any atom is 0.272 e. The van der Waals surface area contributed by atoms with Crippen LogP contribution in [0.15, 0.2) is 18.2 Å². The molecule has 1 aromatic heterocycles. The van der Waals surface area contributed by atoms with E-state index in [0.29, 0.717) is 11.7 Å². The second-order valence-corrected chi connectivity index (χ2v) is 4.59. The summed E-state index contributed by atoms with van der Waals surface area (Å²) in [6, 6.07) is 5.82. The standard InChI is InChI=1S/C14H23N3O/c1-5-10-17(6-2)14(18)12-8-7-9-13(16-12)15-11(3)4/h7-9,11H,5-6,10H2,1-4H3,(H,15,16). The number of carbonyl (C=O) groups excluding carboxylic acids is 1. The summed E-state index contributed by atoms with van der Waals surface area (Å²) in [5, 5.41) is 3.21. The molecule has 1 heterocycles. The number of hydrogen-bond donors (Lipinski definition) is 1. The summed E-state index contributed by atoms with van der Waals surface area (Å²) in [7, 11) is 0. The summed E-state index contributed by atoms with van der Waals surface area (Å²) in [6.07, 6.45) is 0.962. The molecule has 0 spiro atoms. The summed E-state index contributed by atoms with van der Waals surface area (Å²) in [5.74, 6) is 0.759. The predicted molar refractivity (Wildman–Crippen MR) is 74.9 cm³/mol. The molecule has 0 fully saturated rings. The minimum absolute atomic E-state index is 0.00626. The lowest BCUT2D eigenvalue weighted by Gasteiger charge is -2.20. The van der Waals surface area contributed by atoms with Crippen molar-refractivity contribution in [3.63, 3.8) is 0 Å². The topological polar surface area (TPSA) is 45.2 Å². The second-order valence-electron chi connectivity index (χ2n) is 4.59. The van der Waals surface area contributed by atoms with E-state index in [-0.39, 0.29) is 5.91 Å². The highest BCUT2D eigenvalue weighted by molar-refractivity contribution is 5.92. The molecule has 1 N–H and O–H groups in total. The van der Waals surface area contributed by atoms with Gasteiger partial charge in [-0.25, -0.2) is 4.98 Å². The Hall–Kier alpha value is -1.58. The third-order valence-corrected chi connectivity index (χ3v) is 2.57. The van der Waals surface area contributed by atoms with Crippen molar-refractivity contribution in [2.75, 3.05) is 18.4 Å². The second kappa shape index (κ2) is 6.99. The van der Waals surface area contributed by atoms with Crippen molar-refractivity contribution in [2.24, 2.45) is 0 Å². The molecule has 4 heteroatoms. The molecule has 0 radical (unpaired) electrons. The van der Waals surface area contributed by atoms with Crippen molar-refractivity contribution in [3.8, 4) is 0 Å². The van der Waals surface area contributed by atoms with Gasteiger partial charge in [0, 0.05) is 19.1 Å². The van der Waals surface area contributed by atoms with Crippen molar-refractivity contribution in [2.45, 2.75) is 40.2 Å². The largest absolute Gasteiger partial charge is 0.368 e. The number of anilines is 1.